The van der Waals surface area contributed by atoms with Gasteiger partial charge in [-0.05, 0) is 40.5 Å². The van der Waals surface area contributed by atoms with Crippen molar-refractivity contribution < 1.29 is 9.47 Å². The second kappa shape index (κ2) is 15.8. The van der Waals surface area contributed by atoms with Gasteiger partial charge in [-0.15, -0.1) is 0 Å². The fourth-order valence-electron chi connectivity index (χ4n) is 2.73. The van der Waals surface area contributed by atoms with E-state index in [1.807, 2.05) is 39.8 Å². The number of aliphatic imine (C=N–C) groups is 1. The monoisotopic (exact) mass is 427 g/mol. The highest BCUT2D eigenvalue weighted by molar-refractivity contribution is 6.12. The first-order chi connectivity index (χ1) is 14.8. The van der Waals surface area contributed by atoms with Crippen LogP contribution in [0.3, 0.4) is 0 Å². The lowest BCUT2D eigenvalue weighted by Gasteiger charge is -2.28. The van der Waals surface area contributed by atoms with E-state index in [0.29, 0.717) is 6.61 Å². The van der Waals surface area contributed by atoms with Gasteiger partial charge in [0.05, 0.1) is 23.5 Å². The molecule has 0 saturated heterocycles. The highest BCUT2D eigenvalue weighted by Gasteiger charge is 2.21. The van der Waals surface area contributed by atoms with Crippen LogP contribution in [0, 0.1) is 0 Å². The lowest BCUT2D eigenvalue weighted by molar-refractivity contribution is -0.0599. The predicted molar refractivity (Wildman–Crippen MR) is 136 cm³/mol. The molecule has 174 valence electrons. The van der Waals surface area contributed by atoms with Gasteiger partial charge >= 0.3 is 0 Å². The molecule has 3 nitrogen and oxygen atoms in total. The minimum atomic E-state index is -0.216. The second-order valence-corrected chi connectivity index (χ2v) is 8.03. The molecule has 0 aromatic heterocycles. The van der Waals surface area contributed by atoms with Crippen molar-refractivity contribution in [1.82, 2.24) is 0 Å². The van der Waals surface area contributed by atoms with E-state index >= 15 is 0 Å². The summed E-state index contributed by atoms with van der Waals surface area (Å²) in [7, 11) is 1.74. The van der Waals surface area contributed by atoms with E-state index in [1.54, 1.807) is 7.11 Å². The van der Waals surface area contributed by atoms with Crippen molar-refractivity contribution >= 4 is 5.71 Å². The van der Waals surface area contributed by atoms with E-state index < -0.39 is 0 Å². The Morgan fingerprint density at radius 1 is 0.710 bits per heavy atom. The molecule has 3 heteroatoms. The molecule has 0 heterocycles. The van der Waals surface area contributed by atoms with Gasteiger partial charge in [0.1, 0.15) is 0 Å². The third-order valence-electron chi connectivity index (χ3n) is 4.83. The molecule has 0 N–H and O–H groups in total. The first kappa shape index (κ1) is 29.0. The van der Waals surface area contributed by atoms with Crippen LogP contribution < -0.4 is 0 Å². The van der Waals surface area contributed by atoms with E-state index in [4.69, 9.17) is 14.5 Å². The van der Waals surface area contributed by atoms with Gasteiger partial charge < -0.3 is 9.47 Å². The number of methoxy groups -OCH3 is 1. The molecule has 2 aromatic rings. The Morgan fingerprint density at radius 2 is 1.16 bits per heavy atom. The van der Waals surface area contributed by atoms with Crippen molar-refractivity contribution in [2.75, 3.05) is 20.3 Å². The van der Waals surface area contributed by atoms with Crippen molar-refractivity contribution in [1.29, 1.82) is 0 Å². The van der Waals surface area contributed by atoms with Crippen molar-refractivity contribution in [3.63, 3.8) is 0 Å². The summed E-state index contributed by atoms with van der Waals surface area (Å²) in [5.74, 6) is 0. The molecule has 0 aliphatic rings. The van der Waals surface area contributed by atoms with E-state index in [2.05, 4.69) is 76.2 Å². The second-order valence-electron chi connectivity index (χ2n) is 8.03. The highest BCUT2D eigenvalue weighted by Crippen LogP contribution is 2.19. The Bertz CT molecular complexity index is 665. The maximum absolute atomic E-state index is 6.11. The molecule has 2 rings (SSSR count). The van der Waals surface area contributed by atoms with Gasteiger partial charge in [0.2, 0.25) is 0 Å². The van der Waals surface area contributed by atoms with Gasteiger partial charge in [0, 0.05) is 24.8 Å². The summed E-state index contributed by atoms with van der Waals surface area (Å²) in [6, 6.07) is 20.7. The summed E-state index contributed by atoms with van der Waals surface area (Å²) >= 11 is 0. The van der Waals surface area contributed by atoms with Gasteiger partial charge in [0.15, 0.2) is 0 Å². The normalized spacial score (nSPS) is 10.9. The first-order valence-corrected chi connectivity index (χ1v) is 11.7. The molecule has 0 radical (unpaired) electrons. The van der Waals surface area contributed by atoms with Crippen LogP contribution in [0.1, 0.15) is 79.4 Å². The molecule has 0 atom stereocenters. The van der Waals surface area contributed by atoms with Crippen molar-refractivity contribution in [2.45, 2.75) is 79.4 Å². The third-order valence-corrected chi connectivity index (χ3v) is 4.83. The summed E-state index contributed by atoms with van der Waals surface area (Å²) in [5, 5.41) is 0. The fraction of sp³-hybridized carbons (Fsp3) is 0.536. The summed E-state index contributed by atoms with van der Waals surface area (Å²) in [6.45, 7) is 17.8. The zero-order chi connectivity index (χ0) is 23.8. The lowest BCUT2D eigenvalue weighted by atomic mass is 10.0. The average Bonchev–Trinajstić information content (AvgIpc) is 2.80. The van der Waals surface area contributed by atoms with Crippen LogP contribution in [0.25, 0.3) is 0 Å². The SMILES string of the molecule is CC.CC.COC(C)(C)CCOC(C)(C)CCN=C(c1ccccc1)c1ccccc1. The Morgan fingerprint density at radius 3 is 1.58 bits per heavy atom. The quantitative estimate of drug-likeness (QED) is 0.366. The van der Waals surface area contributed by atoms with Gasteiger partial charge in [-0.3, -0.25) is 4.99 Å². The van der Waals surface area contributed by atoms with Crippen LogP contribution in [-0.2, 0) is 9.47 Å². The Hall–Kier alpha value is -1.97. The molecular formula is C28H45NO2. The number of nitrogens with zero attached hydrogens (tertiary/aromatic N) is 1. The van der Waals surface area contributed by atoms with Crippen LogP contribution in [0.2, 0.25) is 0 Å². The maximum atomic E-state index is 6.11. The number of ether oxygens (including phenoxy) is 2. The fourth-order valence-corrected chi connectivity index (χ4v) is 2.73. The Balaban J connectivity index is 0.00000212. The van der Waals surface area contributed by atoms with E-state index in [9.17, 15) is 0 Å². The molecular weight excluding hydrogens is 382 g/mol. The van der Waals surface area contributed by atoms with E-state index in [0.717, 1.165) is 36.2 Å². The first-order valence-electron chi connectivity index (χ1n) is 11.7. The summed E-state index contributed by atoms with van der Waals surface area (Å²) in [4.78, 5) is 4.93. The van der Waals surface area contributed by atoms with Gasteiger partial charge in [-0.1, -0.05) is 88.4 Å². The van der Waals surface area contributed by atoms with E-state index in [-0.39, 0.29) is 11.2 Å². The van der Waals surface area contributed by atoms with Crippen LogP contribution in [-0.4, -0.2) is 37.2 Å². The predicted octanol–water partition coefficient (Wildman–Crippen LogP) is 7.58. The molecule has 0 fully saturated rings. The zero-order valence-corrected chi connectivity index (χ0v) is 21.4. The van der Waals surface area contributed by atoms with Crippen molar-refractivity contribution in [2.24, 2.45) is 4.99 Å². The summed E-state index contributed by atoms with van der Waals surface area (Å²) in [5.41, 5.74) is 2.95. The van der Waals surface area contributed by atoms with Crippen LogP contribution in [0.4, 0.5) is 0 Å². The highest BCUT2D eigenvalue weighted by atomic mass is 16.5. The Labute approximate surface area is 191 Å². The number of rotatable bonds is 10. The molecule has 2 aromatic carbocycles. The van der Waals surface area contributed by atoms with Crippen molar-refractivity contribution in [3.05, 3.63) is 71.8 Å². The molecule has 0 aliphatic carbocycles. The largest absolute Gasteiger partial charge is 0.379 e. The van der Waals surface area contributed by atoms with E-state index in [1.165, 1.54) is 0 Å². The average molecular weight is 428 g/mol. The number of benzene rings is 2. The standard InChI is InChI=1S/C24H33NO2.2C2H6/c1-23(2,26-5)17-19-27-24(3,4)16-18-25-22(20-12-8-6-9-13-20)21-14-10-7-11-15-21;2*1-2/h6-15H,16-19H2,1-5H3;2*1-2H3. The molecule has 0 aliphatic heterocycles. The molecule has 0 saturated carbocycles. The zero-order valence-electron chi connectivity index (χ0n) is 21.4. The molecule has 0 amide bonds. The van der Waals surface area contributed by atoms with Gasteiger partial charge in [-0.2, -0.15) is 0 Å². The van der Waals surface area contributed by atoms with Gasteiger partial charge in [-0.25, -0.2) is 0 Å². The van der Waals surface area contributed by atoms with Crippen LogP contribution in [0.5, 0.6) is 0 Å². The summed E-state index contributed by atoms with van der Waals surface area (Å²) in [6.07, 6.45) is 1.74. The topological polar surface area (TPSA) is 30.8 Å². The smallest absolute Gasteiger partial charge is 0.0718 e. The molecule has 0 unspecified atom stereocenters. The van der Waals surface area contributed by atoms with Crippen molar-refractivity contribution in [3.8, 4) is 0 Å². The summed E-state index contributed by atoms with van der Waals surface area (Å²) < 4.78 is 11.6. The Kier molecular flexibility index (Phi) is 14.8. The molecule has 0 spiro atoms. The minimum absolute atomic E-state index is 0.151. The third kappa shape index (κ3) is 11.9. The van der Waals surface area contributed by atoms with Crippen LogP contribution >= 0.6 is 0 Å². The lowest BCUT2D eigenvalue weighted by Crippen LogP contribution is -2.30. The molecule has 0 bridgehead atoms. The minimum Gasteiger partial charge on any atom is -0.379 e. The number of hydrogen-bond acceptors (Lipinski definition) is 3. The molecule has 31 heavy (non-hydrogen) atoms. The maximum Gasteiger partial charge on any atom is 0.0718 e. The van der Waals surface area contributed by atoms with Gasteiger partial charge in [0.25, 0.3) is 0 Å². The van der Waals surface area contributed by atoms with Crippen LogP contribution in [0.15, 0.2) is 65.7 Å². The number of hydrogen-bond donors (Lipinski definition) is 0.